The molecule has 1 aromatic rings. The lowest BCUT2D eigenvalue weighted by molar-refractivity contribution is -0.00522. The Morgan fingerprint density at radius 1 is 1.25 bits per heavy atom. The van der Waals surface area contributed by atoms with Gasteiger partial charge in [-0.3, -0.25) is 9.52 Å². The van der Waals surface area contributed by atoms with Crippen LogP contribution in [0.4, 0.5) is 0 Å². The highest BCUT2D eigenvalue weighted by atomic mass is 32.2. The molecular weight excluding hydrogens is 320 g/mol. The Balaban J connectivity index is 1.77. The Labute approximate surface area is 149 Å². The third-order valence-electron chi connectivity index (χ3n) is 5.63. The van der Waals surface area contributed by atoms with Crippen molar-refractivity contribution in [2.75, 3.05) is 12.9 Å². The van der Waals surface area contributed by atoms with Crippen LogP contribution in [-0.2, 0) is 11.2 Å². The molecule has 1 aromatic heterocycles. The zero-order chi connectivity index (χ0) is 17.1. The molecule has 3 rings (SSSR count). The van der Waals surface area contributed by atoms with Gasteiger partial charge in [-0.05, 0) is 63.7 Å². The Hall–Kier alpha value is -0.780. The van der Waals surface area contributed by atoms with E-state index in [0.29, 0.717) is 12.7 Å². The van der Waals surface area contributed by atoms with Crippen molar-refractivity contribution < 1.29 is 4.74 Å². The molecule has 0 saturated heterocycles. The molecule has 24 heavy (non-hydrogen) atoms. The topological polar surface area (TPSA) is 43.3 Å². The highest BCUT2D eigenvalue weighted by Gasteiger charge is 2.31. The van der Waals surface area contributed by atoms with E-state index in [0.717, 1.165) is 42.9 Å². The lowest BCUT2D eigenvalue weighted by atomic mass is 9.89. The zero-order valence-corrected chi connectivity index (χ0v) is 15.9. The summed E-state index contributed by atoms with van der Waals surface area (Å²) in [5, 5.41) is 0. The number of rotatable bonds is 5. The molecule has 4 nitrogen and oxygen atoms in total. The molecule has 0 aromatic carbocycles. The summed E-state index contributed by atoms with van der Waals surface area (Å²) in [7, 11) is 0. The molecule has 2 aliphatic rings. The third kappa shape index (κ3) is 3.89. The number of hydrogen-bond donors (Lipinski definition) is 1. The molecule has 1 saturated carbocycles. The highest BCUT2D eigenvalue weighted by molar-refractivity contribution is 7.96. The molecule has 0 radical (unpaired) electrons. The van der Waals surface area contributed by atoms with Crippen LogP contribution >= 0.6 is 11.9 Å². The molecule has 5 heteroatoms. The van der Waals surface area contributed by atoms with Crippen LogP contribution in [0.15, 0.2) is 16.9 Å². The summed E-state index contributed by atoms with van der Waals surface area (Å²) >= 11 is 1.64. The minimum Gasteiger partial charge on any atom is -0.376 e. The molecular formula is C19H30N2O2S. The van der Waals surface area contributed by atoms with Crippen LogP contribution < -0.4 is 10.3 Å². The van der Waals surface area contributed by atoms with E-state index in [1.807, 2.05) is 17.6 Å². The summed E-state index contributed by atoms with van der Waals surface area (Å²) in [4.78, 5) is 12.7. The normalized spacial score (nSPS) is 30.1. The van der Waals surface area contributed by atoms with Crippen LogP contribution in [0.1, 0.15) is 56.3 Å². The fourth-order valence-electron chi connectivity index (χ4n) is 4.05. The molecule has 2 atom stereocenters. The summed E-state index contributed by atoms with van der Waals surface area (Å²) in [6.45, 7) is 4.86. The first-order chi connectivity index (χ1) is 11.6. The molecule has 2 unspecified atom stereocenters. The van der Waals surface area contributed by atoms with Crippen LogP contribution in [0.25, 0.3) is 0 Å². The van der Waals surface area contributed by atoms with Gasteiger partial charge in [0.25, 0.3) is 5.56 Å². The SMILES string of the molecule is CSNC1CCc2ccc(C)c(=O)n2C1COC1CCC(C)CC1. The van der Waals surface area contributed by atoms with E-state index >= 15 is 0 Å². The van der Waals surface area contributed by atoms with Gasteiger partial charge in [0, 0.05) is 17.3 Å². The monoisotopic (exact) mass is 350 g/mol. The van der Waals surface area contributed by atoms with Crippen molar-refractivity contribution in [2.24, 2.45) is 5.92 Å². The molecule has 0 spiro atoms. The van der Waals surface area contributed by atoms with Gasteiger partial charge in [0.1, 0.15) is 0 Å². The van der Waals surface area contributed by atoms with E-state index in [4.69, 9.17) is 4.74 Å². The number of fused-ring (bicyclic) bond motifs is 1. The van der Waals surface area contributed by atoms with Gasteiger partial charge in [-0.25, -0.2) is 0 Å². The fourth-order valence-corrected chi connectivity index (χ4v) is 4.62. The van der Waals surface area contributed by atoms with E-state index in [9.17, 15) is 4.79 Å². The van der Waals surface area contributed by atoms with E-state index in [1.165, 1.54) is 12.8 Å². The second-order valence-corrected chi connectivity index (χ2v) is 8.08. The summed E-state index contributed by atoms with van der Waals surface area (Å²) in [6, 6.07) is 4.45. The van der Waals surface area contributed by atoms with E-state index in [2.05, 4.69) is 24.0 Å². The van der Waals surface area contributed by atoms with Gasteiger partial charge in [0.2, 0.25) is 0 Å². The quantitative estimate of drug-likeness (QED) is 0.826. The zero-order valence-electron chi connectivity index (χ0n) is 15.1. The number of nitrogens with one attached hydrogen (secondary N) is 1. The van der Waals surface area contributed by atoms with Crippen LogP contribution in [0, 0.1) is 12.8 Å². The minimum absolute atomic E-state index is 0.0907. The standard InChI is InChI=1S/C19H30N2O2S/c1-13-4-9-16(10-5-13)23-12-18-17(20-24-3)11-8-15-7-6-14(2)19(22)21(15)18/h6-7,13,16-18,20H,4-5,8-12H2,1-3H3. The van der Waals surface area contributed by atoms with Crippen molar-refractivity contribution in [3.63, 3.8) is 0 Å². The van der Waals surface area contributed by atoms with Crippen molar-refractivity contribution in [3.8, 4) is 0 Å². The van der Waals surface area contributed by atoms with Crippen molar-refractivity contribution in [1.82, 2.24) is 9.29 Å². The number of ether oxygens (including phenoxy) is 1. The first kappa shape index (κ1) is 18.0. The molecule has 1 aliphatic heterocycles. The van der Waals surface area contributed by atoms with Crippen molar-refractivity contribution in [3.05, 3.63) is 33.7 Å². The smallest absolute Gasteiger partial charge is 0.254 e. The predicted molar refractivity (Wildman–Crippen MR) is 101 cm³/mol. The predicted octanol–water partition coefficient (Wildman–Crippen LogP) is 3.48. The molecule has 0 amide bonds. The molecule has 2 heterocycles. The number of pyridine rings is 1. The first-order valence-corrected chi connectivity index (χ1v) is 10.4. The van der Waals surface area contributed by atoms with E-state index in [1.54, 1.807) is 11.9 Å². The highest BCUT2D eigenvalue weighted by Crippen LogP contribution is 2.29. The number of aryl methyl sites for hydroxylation is 2. The molecule has 1 fully saturated rings. The second-order valence-electron chi connectivity index (χ2n) is 7.43. The number of aromatic nitrogens is 1. The van der Waals surface area contributed by atoms with Gasteiger partial charge in [-0.15, -0.1) is 0 Å². The van der Waals surface area contributed by atoms with Gasteiger partial charge >= 0.3 is 0 Å². The molecule has 134 valence electrons. The lowest BCUT2D eigenvalue weighted by Gasteiger charge is -2.37. The number of hydrogen-bond acceptors (Lipinski definition) is 4. The van der Waals surface area contributed by atoms with Gasteiger partial charge in [0.05, 0.1) is 18.8 Å². The van der Waals surface area contributed by atoms with Gasteiger partial charge in [-0.1, -0.05) is 24.9 Å². The Kier molecular flexibility index (Phi) is 6.06. The van der Waals surface area contributed by atoms with Gasteiger partial charge in [-0.2, -0.15) is 0 Å². The first-order valence-electron chi connectivity index (χ1n) is 9.21. The largest absolute Gasteiger partial charge is 0.376 e. The summed E-state index contributed by atoms with van der Waals surface area (Å²) in [5.41, 5.74) is 2.11. The maximum Gasteiger partial charge on any atom is 0.254 e. The Morgan fingerprint density at radius 2 is 2.00 bits per heavy atom. The van der Waals surface area contributed by atoms with Crippen LogP contribution in [-0.4, -0.2) is 29.6 Å². The van der Waals surface area contributed by atoms with Crippen molar-refractivity contribution in [1.29, 1.82) is 0 Å². The minimum atomic E-state index is 0.0907. The van der Waals surface area contributed by atoms with Crippen molar-refractivity contribution >= 4 is 11.9 Å². The lowest BCUT2D eigenvalue weighted by Crippen LogP contribution is -2.46. The van der Waals surface area contributed by atoms with Crippen LogP contribution in [0.5, 0.6) is 0 Å². The third-order valence-corrected chi connectivity index (χ3v) is 6.17. The summed E-state index contributed by atoms with van der Waals surface area (Å²) in [5.74, 6) is 0.830. The van der Waals surface area contributed by atoms with Crippen molar-refractivity contribution in [2.45, 2.75) is 70.6 Å². The molecule has 0 bridgehead atoms. The van der Waals surface area contributed by atoms with Crippen LogP contribution in [0.3, 0.4) is 0 Å². The average Bonchev–Trinajstić information content (AvgIpc) is 2.59. The molecule has 1 aliphatic carbocycles. The Morgan fingerprint density at radius 3 is 2.71 bits per heavy atom. The maximum atomic E-state index is 12.7. The summed E-state index contributed by atoms with van der Waals surface area (Å²) in [6.07, 6.45) is 9.25. The fraction of sp³-hybridized carbons (Fsp3) is 0.737. The Bertz CT molecular complexity index is 608. The van der Waals surface area contributed by atoms with E-state index < -0.39 is 0 Å². The number of nitrogens with zero attached hydrogens (tertiary/aromatic N) is 1. The average molecular weight is 351 g/mol. The molecule has 1 N–H and O–H groups in total. The van der Waals surface area contributed by atoms with Gasteiger partial charge < -0.3 is 9.30 Å². The van der Waals surface area contributed by atoms with Gasteiger partial charge in [0.15, 0.2) is 0 Å². The maximum absolute atomic E-state index is 12.7. The second kappa shape index (κ2) is 8.07. The van der Waals surface area contributed by atoms with Crippen LogP contribution in [0.2, 0.25) is 0 Å². The summed E-state index contributed by atoms with van der Waals surface area (Å²) < 4.78 is 11.8. The van der Waals surface area contributed by atoms with E-state index in [-0.39, 0.29) is 17.6 Å².